The predicted octanol–water partition coefficient (Wildman–Crippen LogP) is 3.39. The summed E-state index contributed by atoms with van der Waals surface area (Å²) in [6.45, 7) is 9.43. The van der Waals surface area contributed by atoms with Gasteiger partial charge in [0.1, 0.15) is 5.75 Å². The lowest BCUT2D eigenvalue weighted by Crippen LogP contribution is -2.44. The highest BCUT2D eigenvalue weighted by Gasteiger charge is 2.40. The number of hydrogen-bond acceptors (Lipinski definition) is 6. The number of imide groups is 1. The fourth-order valence-corrected chi connectivity index (χ4v) is 5.07. The van der Waals surface area contributed by atoms with Crippen molar-refractivity contribution in [1.82, 2.24) is 15.1 Å². The average Bonchev–Trinajstić information content (AvgIpc) is 3.43. The van der Waals surface area contributed by atoms with Gasteiger partial charge in [-0.15, -0.1) is 0 Å². The van der Waals surface area contributed by atoms with Crippen molar-refractivity contribution in [2.24, 2.45) is 11.8 Å². The second kappa shape index (κ2) is 11.9. The number of fused-ring (bicyclic) bond motifs is 1. The van der Waals surface area contributed by atoms with Crippen LogP contribution in [0.3, 0.4) is 0 Å². The number of amides is 3. The summed E-state index contributed by atoms with van der Waals surface area (Å²) in [5.74, 6) is 0.362. The minimum Gasteiger partial charge on any atom is -0.493 e. The molecule has 0 spiro atoms. The van der Waals surface area contributed by atoms with Crippen LogP contribution < -0.4 is 10.1 Å². The van der Waals surface area contributed by atoms with E-state index in [0.717, 1.165) is 18.5 Å². The van der Waals surface area contributed by atoms with Crippen molar-refractivity contribution in [3.63, 3.8) is 0 Å². The van der Waals surface area contributed by atoms with Gasteiger partial charge in [-0.05, 0) is 62.4 Å². The molecule has 0 bridgehead atoms. The number of carbonyl (C=O) groups excluding carboxylic acids is 3. The number of methoxy groups -OCH3 is 1. The van der Waals surface area contributed by atoms with Crippen molar-refractivity contribution in [2.45, 2.75) is 33.2 Å². The molecule has 3 amide bonds. The fraction of sp³-hybridized carbons (Fsp3) is 0.483. The Bertz CT molecular complexity index is 1110. The van der Waals surface area contributed by atoms with Gasteiger partial charge < -0.3 is 19.7 Å². The van der Waals surface area contributed by atoms with Gasteiger partial charge in [-0.1, -0.05) is 18.2 Å². The Labute approximate surface area is 218 Å². The lowest BCUT2D eigenvalue weighted by atomic mass is 9.94. The van der Waals surface area contributed by atoms with Gasteiger partial charge >= 0.3 is 0 Å². The molecule has 8 heteroatoms. The topological polar surface area (TPSA) is 88.2 Å². The van der Waals surface area contributed by atoms with E-state index >= 15 is 0 Å². The molecule has 1 unspecified atom stereocenters. The molecule has 37 heavy (non-hydrogen) atoms. The normalized spacial score (nSPS) is 19.0. The fourth-order valence-electron chi connectivity index (χ4n) is 5.07. The summed E-state index contributed by atoms with van der Waals surface area (Å²) in [5, 5.41) is 3.40. The number of ether oxygens (including phenoxy) is 2. The summed E-state index contributed by atoms with van der Waals surface area (Å²) in [6, 6.07) is 12.5. The number of benzene rings is 2. The molecule has 0 aromatic heterocycles. The zero-order valence-electron chi connectivity index (χ0n) is 22.2. The number of aryl methyl sites for hydroxylation is 1. The van der Waals surface area contributed by atoms with Crippen molar-refractivity contribution in [3.8, 4) is 5.75 Å². The number of rotatable bonds is 11. The molecule has 8 nitrogen and oxygen atoms in total. The van der Waals surface area contributed by atoms with E-state index in [1.165, 1.54) is 4.90 Å². The third-order valence-corrected chi connectivity index (χ3v) is 7.28. The van der Waals surface area contributed by atoms with Gasteiger partial charge in [-0.3, -0.25) is 19.3 Å². The van der Waals surface area contributed by atoms with Crippen molar-refractivity contribution < 1.29 is 23.9 Å². The first-order valence-corrected chi connectivity index (χ1v) is 13.0. The lowest BCUT2D eigenvalue weighted by molar-refractivity contribution is 0.0574. The highest BCUT2D eigenvalue weighted by molar-refractivity contribution is 6.21. The van der Waals surface area contributed by atoms with Crippen molar-refractivity contribution in [3.05, 3.63) is 64.7 Å². The molecule has 2 aliphatic rings. The summed E-state index contributed by atoms with van der Waals surface area (Å²) < 4.78 is 11.0. The highest BCUT2D eigenvalue weighted by atomic mass is 16.5. The molecular weight excluding hydrogens is 470 g/mol. The number of carbonyl (C=O) groups is 3. The second-order valence-corrected chi connectivity index (χ2v) is 10.2. The maximum Gasteiger partial charge on any atom is 0.261 e. The molecule has 0 aliphatic carbocycles. The van der Waals surface area contributed by atoms with Gasteiger partial charge in [-0.25, -0.2) is 0 Å². The Balaban J connectivity index is 1.45. The number of nitrogens with zero attached hydrogens (tertiary/aromatic N) is 2. The molecule has 4 rings (SSSR count). The van der Waals surface area contributed by atoms with E-state index in [9.17, 15) is 14.4 Å². The van der Waals surface area contributed by atoms with Crippen LogP contribution in [0, 0.1) is 18.8 Å². The van der Waals surface area contributed by atoms with Gasteiger partial charge in [0.2, 0.25) is 0 Å². The Kier molecular flexibility index (Phi) is 8.61. The van der Waals surface area contributed by atoms with Crippen molar-refractivity contribution in [1.29, 1.82) is 0 Å². The van der Waals surface area contributed by atoms with E-state index in [2.05, 4.69) is 5.32 Å². The molecule has 2 aliphatic heterocycles. The van der Waals surface area contributed by atoms with Gasteiger partial charge in [-0.2, -0.15) is 0 Å². The molecule has 1 N–H and O–H groups in total. The minimum atomic E-state index is -0.235. The number of hydrogen-bond donors (Lipinski definition) is 1. The smallest absolute Gasteiger partial charge is 0.261 e. The van der Waals surface area contributed by atoms with E-state index < -0.39 is 0 Å². The molecule has 2 aromatic rings. The lowest BCUT2D eigenvalue weighted by Gasteiger charge is -2.32. The minimum absolute atomic E-state index is 0.0135. The molecule has 0 radical (unpaired) electrons. The summed E-state index contributed by atoms with van der Waals surface area (Å²) in [6.07, 6.45) is 0.773. The molecule has 1 fully saturated rings. The molecule has 1 saturated heterocycles. The maximum absolute atomic E-state index is 13.6. The molecular formula is C29H37N3O5. The van der Waals surface area contributed by atoms with Crippen molar-refractivity contribution in [2.75, 3.05) is 46.5 Å². The SMILES string of the molecule is COCCCOc1cc(C(=O)N(CC2CNC[C@H]2CN2C(=O)c3ccccc3C2=O)C(C)C)ccc1C. The molecule has 2 heterocycles. The predicted molar refractivity (Wildman–Crippen MR) is 141 cm³/mol. The zero-order valence-corrected chi connectivity index (χ0v) is 22.2. The Morgan fingerprint density at radius 2 is 1.73 bits per heavy atom. The molecule has 2 aromatic carbocycles. The largest absolute Gasteiger partial charge is 0.493 e. The van der Waals surface area contributed by atoms with E-state index in [4.69, 9.17) is 9.47 Å². The van der Waals surface area contributed by atoms with Gasteiger partial charge in [0, 0.05) is 57.9 Å². The van der Waals surface area contributed by atoms with Crippen LogP contribution in [0.1, 0.15) is 56.9 Å². The van der Waals surface area contributed by atoms with Crippen LogP contribution in [-0.4, -0.2) is 80.1 Å². The molecule has 198 valence electrons. The first-order chi connectivity index (χ1) is 17.8. The van der Waals surface area contributed by atoms with E-state index in [0.29, 0.717) is 55.3 Å². The summed E-state index contributed by atoms with van der Waals surface area (Å²) in [5.41, 5.74) is 2.50. The van der Waals surface area contributed by atoms with Crippen LogP contribution in [0.4, 0.5) is 0 Å². The first kappa shape index (κ1) is 26.8. The molecule has 0 saturated carbocycles. The van der Waals surface area contributed by atoms with Gasteiger partial charge in [0.05, 0.1) is 17.7 Å². The van der Waals surface area contributed by atoms with Crippen LogP contribution in [0.2, 0.25) is 0 Å². The highest BCUT2D eigenvalue weighted by Crippen LogP contribution is 2.28. The van der Waals surface area contributed by atoms with Gasteiger partial charge in [0.25, 0.3) is 17.7 Å². The maximum atomic E-state index is 13.6. The van der Waals surface area contributed by atoms with Crippen LogP contribution in [0.15, 0.2) is 42.5 Å². The third kappa shape index (κ3) is 5.86. The van der Waals surface area contributed by atoms with E-state index in [1.807, 2.05) is 43.9 Å². The molecule has 2 atom stereocenters. The van der Waals surface area contributed by atoms with E-state index in [1.54, 1.807) is 31.4 Å². The Morgan fingerprint density at radius 1 is 1.05 bits per heavy atom. The number of nitrogens with one attached hydrogen (secondary N) is 1. The van der Waals surface area contributed by atoms with E-state index in [-0.39, 0.29) is 35.6 Å². The summed E-state index contributed by atoms with van der Waals surface area (Å²) in [7, 11) is 1.66. The summed E-state index contributed by atoms with van der Waals surface area (Å²) in [4.78, 5) is 42.7. The standard InChI is InChI=1S/C29H37N3O5/c1-19(2)31(27(33)21-11-10-20(3)26(14-21)37-13-7-12-36-4)17-22-15-30-16-23(22)18-32-28(34)24-8-5-6-9-25(24)29(32)35/h5-6,8-11,14,19,22-23,30H,7,12-13,15-18H2,1-4H3/t22?,23-/m0/s1. The summed E-state index contributed by atoms with van der Waals surface area (Å²) >= 11 is 0. The Hall–Kier alpha value is -3.23. The quantitative estimate of drug-likeness (QED) is 0.371. The van der Waals surface area contributed by atoms with Gasteiger partial charge in [0.15, 0.2) is 0 Å². The first-order valence-electron chi connectivity index (χ1n) is 13.0. The van der Waals surface area contributed by atoms with Crippen LogP contribution in [0.25, 0.3) is 0 Å². The van der Waals surface area contributed by atoms with Crippen molar-refractivity contribution >= 4 is 17.7 Å². The Morgan fingerprint density at radius 3 is 2.38 bits per heavy atom. The van der Waals surface area contributed by atoms with Crippen LogP contribution in [0.5, 0.6) is 5.75 Å². The van der Waals surface area contributed by atoms with Crippen LogP contribution in [-0.2, 0) is 4.74 Å². The third-order valence-electron chi connectivity index (χ3n) is 7.28. The monoisotopic (exact) mass is 507 g/mol. The second-order valence-electron chi connectivity index (χ2n) is 10.2. The zero-order chi connectivity index (χ0) is 26.5. The van der Waals surface area contributed by atoms with Crippen LogP contribution >= 0.6 is 0 Å². The average molecular weight is 508 g/mol.